The molecule has 0 aliphatic carbocycles. The zero-order chi connectivity index (χ0) is 21.8. The molecule has 0 fully saturated rings. The minimum atomic E-state index is -3.63. The van der Waals surface area contributed by atoms with Gasteiger partial charge in [-0.1, -0.05) is 6.07 Å². The second-order valence-electron chi connectivity index (χ2n) is 6.86. The van der Waals surface area contributed by atoms with Crippen molar-refractivity contribution < 1.29 is 27.9 Å². The lowest BCUT2D eigenvalue weighted by Gasteiger charge is -2.15. The first-order chi connectivity index (χ1) is 13.5. The van der Waals surface area contributed by atoms with Crippen molar-refractivity contribution in [3.8, 4) is 5.75 Å². The minimum Gasteiger partial charge on any atom is -0.507 e. The van der Waals surface area contributed by atoms with Crippen molar-refractivity contribution in [3.63, 3.8) is 0 Å². The second kappa shape index (κ2) is 9.06. The number of sulfonamides is 1. The zero-order valence-electron chi connectivity index (χ0n) is 16.6. The Kier molecular flexibility index (Phi) is 6.99. The molecule has 0 radical (unpaired) electrons. The molecule has 0 aliphatic rings. The molecule has 1 amide bonds. The maximum absolute atomic E-state index is 12.3. The van der Waals surface area contributed by atoms with Crippen LogP contribution in [0, 0.1) is 6.92 Å². The Morgan fingerprint density at radius 1 is 1.03 bits per heavy atom. The number of esters is 1. The summed E-state index contributed by atoms with van der Waals surface area (Å²) >= 11 is 0. The van der Waals surface area contributed by atoms with Gasteiger partial charge < -0.3 is 15.2 Å². The highest BCUT2D eigenvalue weighted by Gasteiger charge is 2.21. The lowest BCUT2D eigenvalue weighted by molar-refractivity contribution is -0.123. The van der Waals surface area contributed by atoms with Crippen molar-refractivity contribution >= 4 is 27.6 Å². The highest BCUT2D eigenvalue weighted by Crippen LogP contribution is 2.20. The fraction of sp³-hybridized carbons (Fsp3) is 0.300. The first-order valence-electron chi connectivity index (χ1n) is 8.93. The smallest absolute Gasteiger partial charge is 0.342 e. The number of aryl methyl sites for hydroxylation is 1. The molecular weight excluding hydrogens is 396 g/mol. The Bertz CT molecular complexity index is 1000. The number of anilines is 1. The standard InChI is InChI=1S/C20H24N2O6S/c1-12(2)22-29(26,27)16-8-6-15(7-9-16)21-19(24)14(4)28-20(25)17-10-5-13(3)11-18(17)23/h5-12,14,22-23H,1-4H3,(H,21,24)/t14-/m1/s1. The third-order valence-corrected chi connectivity index (χ3v) is 5.52. The first-order valence-corrected chi connectivity index (χ1v) is 10.4. The van der Waals surface area contributed by atoms with E-state index in [2.05, 4.69) is 10.0 Å². The molecule has 29 heavy (non-hydrogen) atoms. The van der Waals surface area contributed by atoms with Crippen LogP contribution in [-0.4, -0.2) is 37.5 Å². The number of nitrogens with one attached hydrogen (secondary N) is 2. The molecule has 0 aliphatic heterocycles. The summed E-state index contributed by atoms with van der Waals surface area (Å²) in [4.78, 5) is 24.5. The predicted octanol–water partition coefficient (Wildman–Crippen LogP) is 2.57. The van der Waals surface area contributed by atoms with Gasteiger partial charge in [-0.3, -0.25) is 4.79 Å². The summed E-state index contributed by atoms with van der Waals surface area (Å²) in [6, 6.07) is 9.84. The van der Waals surface area contributed by atoms with Crippen LogP contribution in [0.4, 0.5) is 5.69 Å². The first kappa shape index (κ1) is 22.4. The van der Waals surface area contributed by atoms with Gasteiger partial charge in [-0.15, -0.1) is 0 Å². The van der Waals surface area contributed by atoms with E-state index in [0.717, 1.165) is 5.56 Å². The van der Waals surface area contributed by atoms with Crippen molar-refractivity contribution in [1.82, 2.24) is 4.72 Å². The number of amides is 1. The van der Waals surface area contributed by atoms with Crippen LogP contribution in [-0.2, 0) is 19.6 Å². The lowest BCUT2D eigenvalue weighted by Crippen LogP contribution is -2.30. The molecule has 9 heteroatoms. The molecule has 0 unspecified atom stereocenters. The van der Waals surface area contributed by atoms with Gasteiger partial charge in [0.1, 0.15) is 11.3 Å². The summed E-state index contributed by atoms with van der Waals surface area (Å²) in [5, 5.41) is 12.4. The van der Waals surface area contributed by atoms with E-state index in [1.165, 1.54) is 43.3 Å². The summed E-state index contributed by atoms with van der Waals surface area (Å²) in [5.74, 6) is -1.65. The van der Waals surface area contributed by atoms with Crippen molar-refractivity contribution in [1.29, 1.82) is 0 Å². The van der Waals surface area contributed by atoms with Crippen molar-refractivity contribution in [2.24, 2.45) is 0 Å². The van der Waals surface area contributed by atoms with Crippen LogP contribution in [0.2, 0.25) is 0 Å². The molecule has 8 nitrogen and oxygen atoms in total. The van der Waals surface area contributed by atoms with Crippen LogP contribution >= 0.6 is 0 Å². The van der Waals surface area contributed by atoms with E-state index in [9.17, 15) is 23.1 Å². The quantitative estimate of drug-likeness (QED) is 0.592. The van der Waals surface area contributed by atoms with Gasteiger partial charge in [0.05, 0.1) is 4.90 Å². The van der Waals surface area contributed by atoms with Gasteiger partial charge >= 0.3 is 5.97 Å². The predicted molar refractivity (Wildman–Crippen MR) is 108 cm³/mol. The van der Waals surface area contributed by atoms with E-state index in [0.29, 0.717) is 5.69 Å². The number of carbonyl (C=O) groups excluding carboxylic acids is 2. The Morgan fingerprint density at radius 3 is 2.21 bits per heavy atom. The van der Waals surface area contributed by atoms with Crippen LogP contribution in [0.15, 0.2) is 47.4 Å². The Morgan fingerprint density at radius 2 is 1.66 bits per heavy atom. The van der Waals surface area contributed by atoms with Crippen LogP contribution < -0.4 is 10.0 Å². The number of phenolic OH excluding ortho intramolecular Hbond substituents is 1. The summed E-state index contributed by atoms with van der Waals surface area (Å²) in [6.07, 6.45) is -1.13. The van der Waals surface area contributed by atoms with Crippen LogP contribution in [0.1, 0.15) is 36.7 Å². The number of carbonyl (C=O) groups is 2. The lowest BCUT2D eigenvalue weighted by atomic mass is 10.1. The van der Waals surface area contributed by atoms with Gasteiger partial charge in [-0.2, -0.15) is 0 Å². The molecule has 0 aromatic heterocycles. The number of benzene rings is 2. The van der Waals surface area contributed by atoms with E-state index >= 15 is 0 Å². The van der Waals surface area contributed by atoms with Gasteiger partial charge in [0, 0.05) is 11.7 Å². The third-order valence-electron chi connectivity index (χ3n) is 3.85. The number of rotatable bonds is 7. The number of ether oxygens (including phenoxy) is 1. The molecule has 2 rings (SSSR count). The Labute approximate surface area is 169 Å². The van der Waals surface area contributed by atoms with E-state index in [4.69, 9.17) is 4.74 Å². The number of aromatic hydroxyl groups is 1. The molecule has 3 N–H and O–H groups in total. The number of phenols is 1. The largest absolute Gasteiger partial charge is 0.507 e. The van der Waals surface area contributed by atoms with Gasteiger partial charge in [0.25, 0.3) is 5.91 Å². The molecule has 156 valence electrons. The summed E-state index contributed by atoms with van der Waals surface area (Å²) < 4.78 is 31.8. The van der Waals surface area contributed by atoms with Crippen molar-refractivity contribution in [2.75, 3.05) is 5.32 Å². The normalized spacial score (nSPS) is 12.4. The van der Waals surface area contributed by atoms with E-state index in [-0.39, 0.29) is 22.3 Å². The zero-order valence-corrected chi connectivity index (χ0v) is 17.4. The highest BCUT2D eigenvalue weighted by atomic mass is 32.2. The van der Waals surface area contributed by atoms with Crippen LogP contribution in [0.5, 0.6) is 5.75 Å². The van der Waals surface area contributed by atoms with Gasteiger partial charge in [-0.25, -0.2) is 17.9 Å². The minimum absolute atomic E-state index is 0.0394. The van der Waals surface area contributed by atoms with E-state index in [1.807, 2.05) is 0 Å². The van der Waals surface area contributed by atoms with Gasteiger partial charge in [0.15, 0.2) is 6.10 Å². The maximum Gasteiger partial charge on any atom is 0.342 e. The average molecular weight is 420 g/mol. The molecule has 0 bridgehead atoms. The Balaban J connectivity index is 2.01. The summed E-state index contributed by atoms with van der Waals surface area (Å²) in [6.45, 7) is 6.58. The SMILES string of the molecule is Cc1ccc(C(=O)O[C@H](C)C(=O)Nc2ccc(S(=O)(=O)NC(C)C)cc2)c(O)c1. The summed E-state index contributed by atoms with van der Waals surface area (Å²) in [7, 11) is -3.63. The van der Waals surface area contributed by atoms with Gasteiger partial charge in [0.2, 0.25) is 10.0 Å². The fourth-order valence-electron chi connectivity index (χ4n) is 2.43. The molecule has 0 saturated heterocycles. The fourth-order valence-corrected chi connectivity index (χ4v) is 3.68. The maximum atomic E-state index is 12.3. The van der Waals surface area contributed by atoms with Gasteiger partial charge in [-0.05, 0) is 69.7 Å². The highest BCUT2D eigenvalue weighted by molar-refractivity contribution is 7.89. The third kappa shape index (κ3) is 6.03. The number of hydrogen-bond donors (Lipinski definition) is 3. The molecule has 0 heterocycles. The molecule has 0 spiro atoms. The van der Waals surface area contributed by atoms with Crippen LogP contribution in [0.3, 0.4) is 0 Å². The van der Waals surface area contributed by atoms with Crippen LogP contribution in [0.25, 0.3) is 0 Å². The van der Waals surface area contributed by atoms with E-state index in [1.54, 1.807) is 26.8 Å². The summed E-state index contributed by atoms with van der Waals surface area (Å²) in [5.41, 5.74) is 1.08. The second-order valence-corrected chi connectivity index (χ2v) is 8.57. The monoisotopic (exact) mass is 420 g/mol. The molecule has 2 aromatic carbocycles. The van der Waals surface area contributed by atoms with Crippen molar-refractivity contribution in [2.45, 2.75) is 44.7 Å². The molecule has 0 saturated carbocycles. The molecule has 2 aromatic rings. The topological polar surface area (TPSA) is 122 Å². The van der Waals surface area contributed by atoms with E-state index < -0.39 is 28.0 Å². The number of hydrogen-bond acceptors (Lipinski definition) is 6. The van der Waals surface area contributed by atoms with Crippen molar-refractivity contribution in [3.05, 3.63) is 53.6 Å². The average Bonchev–Trinajstić information content (AvgIpc) is 2.60. The Hall–Kier alpha value is -2.91. The molecular formula is C20H24N2O6S. The molecule has 1 atom stereocenters.